The molecule has 1 aliphatic heterocycles. The SMILES string of the molecule is Cn1nc2c(c1-c1cc(F)c(F)c(F)c1)CCN(C(=O)c1ccnc3ncccc13)C2. The molecule has 0 N–H and O–H groups in total. The second-order valence-electron chi connectivity index (χ2n) is 7.36. The minimum atomic E-state index is -1.50. The van der Waals surface area contributed by atoms with Gasteiger partial charge in [-0.2, -0.15) is 5.10 Å². The molecular formula is C22H16F3N5O. The molecule has 0 aliphatic carbocycles. The number of nitrogens with zero attached hydrogens (tertiary/aromatic N) is 5. The third kappa shape index (κ3) is 3.13. The topological polar surface area (TPSA) is 63.9 Å². The summed E-state index contributed by atoms with van der Waals surface area (Å²) < 4.78 is 42.4. The quantitative estimate of drug-likeness (QED) is 0.462. The summed E-state index contributed by atoms with van der Waals surface area (Å²) in [7, 11) is 1.65. The van der Waals surface area contributed by atoms with Crippen molar-refractivity contribution in [2.24, 2.45) is 7.05 Å². The van der Waals surface area contributed by atoms with Crippen molar-refractivity contribution in [1.29, 1.82) is 0 Å². The van der Waals surface area contributed by atoms with Crippen LogP contribution in [0.25, 0.3) is 22.3 Å². The number of fused-ring (bicyclic) bond motifs is 2. The molecule has 0 atom stereocenters. The molecule has 0 fully saturated rings. The zero-order valence-electron chi connectivity index (χ0n) is 16.4. The molecule has 4 aromatic rings. The number of halogens is 3. The van der Waals surface area contributed by atoms with Crippen molar-refractivity contribution in [2.75, 3.05) is 6.54 Å². The third-order valence-electron chi connectivity index (χ3n) is 5.49. The number of aryl methyl sites for hydroxylation is 1. The van der Waals surface area contributed by atoms with Crippen molar-refractivity contribution in [2.45, 2.75) is 13.0 Å². The smallest absolute Gasteiger partial charge is 0.255 e. The number of hydrogen-bond acceptors (Lipinski definition) is 4. The Labute approximate surface area is 175 Å². The molecule has 1 amide bonds. The van der Waals surface area contributed by atoms with E-state index in [1.165, 1.54) is 4.68 Å². The first-order chi connectivity index (χ1) is 14.9. The minimum Gasteiger partial charge on any atom is -0.332 e. The number of rotatable bonds is 2. The van der Waals surface area contributed by atoms with Crippen molar-refractivity contribution < 1.29 is 18.0 Å². The van der Waals surface area contributed by atoms with E-state index in [0.717, 1.165) is 17.7 Å². The van der Waals surface area contributed by atoms with Crippen molar-refractivity contribution in [1.82, 2.24) is 24.6 Å². The van der Waals surface area contributed by atoms with Gasteiger partial charge < -0.3 is 4.90 Å². The summed E-state index contributed by atoms with van der Waals surface area (Å²) in [6, 6.07) is 7.14. The lowest BCUT2D eigenvalue weighted by Gasteiger charge is -2.27. The maximum Gasteiger partial charge on any atom is 0.255 e. The highest BCUT2D eigenvalue weighted by atomic mass is 19.2. The maximum atomic E-state index is 13.8. The molecule has 1 aliphatic rings. The molecule has 0 saturated carbocycles. The number of carbonyl (C=O) groups excluding carboxylic acids is 1. The summed E-state index contributed by atoms with van der Waals surface area (Å²) in [5.74, 6) is -4.18. The molecule has 0 saturated heterocycles. The first kappa shape index (κ1) is 19.2. The van der Waals surface area contributed by atoms with Gasteiger partial charge in [0.15, 0.2) is 23.1 Å². The van der Waals surface area contributed by atoms with E-state index in [-0.39, 0.29) is 18.0 Å². The fourth-order valence-corrected chi connectivity index (χ4v) is 4.09. The lowest BCUT2D eigenvalue weighted by molar-refractivity contribution is 0.0734. The Morgan fingerprint density at radius 3 is 2.58 bits per heavy atom. The van der Waals surface area contributed by atoms with Gasteiger partial charge in [0, 0.05) is 42.5 Å². The normalized spacial score (nSPS) is 13.5. The summed E-state index contributed by atoms with van der Waals surface area (Å²) in [6.45, 7) is 0.652. The van der Waals surface area contributed by atoms with E-state index >= 15 is 0 Å². The molecule has 6 nitrogen and oxygen atoms in total. The van der Waals surface area contributed by atoms with Crippen molar-refractivity contribution in [3.05, 3.63) is 77.0 Å². The highest BCUT2D eigenvalue weighted by Gasteiger charge is 2.29. The molecule has 5 rings (SSSR count). The molecule has 9 heteroatoms. The summed E-state index contributed by atoms with van der Waals surface area (Å²) in [6.07, 6.45) is 3.62. The van der Waals surface area contributed by atoms with Crippen molar-refractivity contribution in [3.8, 4) is 11.3 Å². The number of amides is 1. The molecular weight excluding hydrogens is 407 g/mol. The van der Waals surface area contributed by atoms with Crippen LogP contribution < -0.4 is 0 Å². The van der Waals surface area contributed by atoms with Crippen LogP contribution in [0.3, 0.4) is 0 Å². The Kier molecular flexibility index (Phi) is 4.46. The Balaban J connectivity index is 1.50. The maximum absolute atomic E-state index is 13.8. The third-order valence-corrected chi connectivity index (χ3v) is 5.49. The number of carbonyl (C=O) groups is 1. The minimum absolute atomic E-state index is 0.169. The first-order valence-corrected chi connectivity index (χ1v) is 9.62. The largest absolute Gasteiger partial charge is 0.332 e. The van der Waals surface area contributed by atoms with E-state index in [1.54, 1.807) is 42.5 Å². The van der Waals surface area contributed by atoms with Crippen LogP contribution in [-0.4, -0.2) is 37.1 Å². The van der Waals surface area contributed by atoms with Crippen LogP contribution in [0.4, 0.5) is 13.2 Å². The average molecular weight is 423 g/mol. The molecule has 0 unspecified atom stereocenters. The second kappa shape index (κ2) is 7.19. The summed E-state index contributed by atoms with van der Waals surface area (Å²) >= 11 is 0. The molecule has 31 heavy (non-hydrogen) atoms. The van der Waals surface area contributed by atoms with Gasteiger partial charge >= 0.3 is 0 Å². The van der Waals surface area contributed by atoms with Gasteiger partial charge in [-0.1, -0.05) is 0 Å². The number of hydrogen-bond donors (Lipinski definition) is 0. The first-order valence-electron chi connectivity index (χ1n) is 9.62. The van der Waals surface area contributed by atoms with Crippen molar-refractivity contribution >= 4 is 16.9 Å². The van der Waals surface area contributed by atoms with Crippen LogP contribution in [0.2, 0.25) is 0 Å². The molecule has 0 radical (unpaired) electrons. The van der Waals surface area contributed by atoms with Crippen LogP contribution in [0.5, 0.6) is 0 Å². The number of aromatic nitrogens is 4. The zero-order valence-corrected chi connectivity index (χ0v) is 16.4. The monoisotopic (exact) mass is 423 g/mol. The molecule has 156 valence electrons. The Bertz CT molecular complexity index is 1320. The molecule has 0 bridgehead atoms. The van der Waals surface area contributed by atoms with Gasteiger partial charge in [0.2, 0.25) is 0 Å². The number of pyridine rings is 2. The predicted molar refractivity (Wildman–Crippen MR) is 107 cm³/mol. The molecule has 3 aromatic heterocycles. The van der Waals surface area contributed by atoms with Gasteiger partial charge in [0.1, 0.15) is 0 Å². The highest BCUT2D eigenvalue weighted by Crippen LogP contribution is 2.32. The van der Waals surface area contributed by atoms with Crippen LogP contribution in [0.15, 0.2) is 42.7 Å². The van der Waals surface area contributed by atoms with E-state index in [1.807, 2.05) is 0 Å². The summed E-state index contributed by atoms with van der Waals surface area (Å²) in [5, 5.41) is 5.12. The molecule has 0 spiro atoms. The second-order valence-corrected chi connectivity index (χ2v) is 7.36. The molecule has 1 aromatic carbocycles. The van der Waals surface area contributed by atoms with Crippen LogP contribution in [0.1, 0.15) is 21.6 Å². The lowest BCUT2D eigenvalue weighted by atomic mass is 9.99. The standard InChI is InChI=1S/C22H16F3N5O/c1-29-20(12-9-16(23)19(25)17(24)10-12)15-5-8-30(11-18(15)28-29)22(31)14-4-7-27-21-13(14)3-2-6-26-21/h2-4,6-7,9-10H,5,8,11H2,1H3. The van der Waals surface area contributed by atoms with Crippen molar-refractivity contribution in [3.63, 3.8) is 0 Å². The van der Waals surface area contributed by atoms with E-state index in [9.17, 15) is 18.0 Å². The van der Waals surface area contributed by atoms with Crippen LogP contribution >= 0.6 is 0 Å². The van der Waals surface area contributed by atoms with Crippen LogP contribution in [0, 0.1) is 17.5 Å². The Morgan fingerprint density at radius 1 is 1.06 bits per heavy atom. The fourth-order valence-electron chi connectivity index (χ4n) is 4.09. The Hall–Kier alpha value is -3.75. The van der Waals surface area contributed by atoms with E-state index in [2.05, 4.69) is 15.1 Å². The van der Waals surface area contributed by atoms with Gasteiger partial charge in [-0.05, 0) is 36.8 Å². The van der Waals surface area contributed by atoms with E-state index in [0.29, 0.717) is 41.0 Å². The lowest BCUT2D eigenvalue weighted by Crippen LogP contribution is -2.36. The van der Waals surface area contributed by atoms with E-state index < -0.39 is 17.5 Å². The van der Waals surface area contributed by atoms with Gasteiger partial charge in [0.25, 0.3) is 5.91 Å². The summed E-state index contributed by atoms with van der Waals surface area (Å²) in [5.41, 5.74) is 3.14. The van der Waals surface area contributed by atoms with Gasteiger partial charge in [-0.3, -0.25) is 9.48 Å². The van der Waals surface area contributed by atoms with E-state index in [4.69, 9.17) is 0 Å². The number of benzene rings is 1. The van der Waals surface area contributed by atoms with Gasteiger partial charge in [-0.25, -0.2) is 23.1 Å². The van der Waals surface area contributed by atoms with Gasteiger partial charge in [-0.15, -0.1) is 0 Å². The van der Waals surface area contributed by atoms with Gasteiger partial charge in [0.05, 0.1) is 23.5 Å². The Morgan fingerprint density at radius 2 is 1.81 bits per heavy atom. The average Bonchev–Trinajstić information content (AvgIpc) is 3.11. The predicted octanol–water partition coefficient (Wildman–Crippen LogP) is 3.65. The summed E-state index contributed by atoms with van der Waals surface area (Å²) in [4.78, 5) is 23.3. The molecule has 4 heterocycles. The van der Waals surface area contributed by atoms with Crippen LogP contribution in [-0.2, 0) is 20.0 Å². The fraction of sp³-hybridized carbons (Fsp3) is 0.182. The highest BCUT2D eigenvalue weighted by molar-refractivity contribution is 6.05. The zero-order chi connectivity index (χ0) is 21.7.